The van der Waals surface area contributed by atoms with Gasteiger partial charge in [-0.25, -0.2) is 8.42 Å². The first-order valence-corrected chi connectivity index (χ1v) is 9.28. The Kier molecular flexibility index (Phi) is 6.77. The van der Waals surface area contributed by atoms with E-state index in [2.05, 4.69) is 31.0 Å². The number of rotatable bonds is 7. The molecule has 0 aromatic heterocycles. The Morgan fingerprint density at radius 1 is 1.00 bits per heavy atom. The molecule has 0 bridgehead atoms. The summed E-state index contributed by atoms with van der Waals surface area (Å²) < 4.78 is 22.6. The molecule has 1 rings (SSSR count). The van der Waals surface area contributed by atoms with E-state index in [0.717, 1.165) is 26.2 Å². The second kappa shape index (κ2) is 7.60. The van der Waals surface area contributed by atoms with Gasteiger partial charge in [0.05, 0.1) is 11.5 Å². The third-order valence-corrected chi connectivity index (χ3v) is 5.10. The molecule has 0 spiro atoms. The molecule has 1 saturated heterocycles. The summed E-state index contributed by atoms with van der Waals surface area (Å²) in [5.41, 5.74) is 0.222. The van der Waals surface area contributed by atoms with Crippen LogP contribution in [0.5, 0.6) is 0 Å². The van der Waals surface area contributed by atoms with E-state index >= 15 is 0 Å². The third-order valence-electron chi connectivity index (χ3n) is 3.49. The Morgan fingerprint density at radius 2 is 1.58 bits per heavy atom. The Balaban J connectivity index is 1.94. The topological polar surface area (TPSA) is 49.4 Å². The second-order valence-electron chi connectivity index (χ2n) is 6.58. The van der Waals surface area contributed by atoms with Gasteiger partial charge in [-0.15, -0.1) is 0 Å². The molecule has 0 aromatic rings. The molecule has 0 atom stereocenters. The van der Waals surface area contributed by atoms with Gasteiger partial charge in [-0.2, -0.15) is 0 Å². The Morgan fingerprint density at radius 3 is 2.16 bits per heavy atom. The summed E-state index contributed by atoms with van der Waals surface area (Å²) in [7, 11) is -2.72. The first kappa shape index (κ1) is 16.9. The van der Waals surface area contributed by atoms with Gasteiger partial charge in [-0.05, 0) is 46.7 Å². The van der Waals surface area contributed by atoms with Crippen molar-refractivity contribution in [2.45, 2.75) is 52.0 Å². The maximum Gasteiger partial charge on any atom is 0.152 e. The summed E-state index contributed by atoms with van der Waals surface area (Å²) in [6.45, 7) is 10.2. The summed E-state index contributed by atoms with van der Waals surface area (Å²) in [6.07, 6.45) is 4.92. The van der Waals surface area contributed by atoms with E-state index in [1.807, 2.05) is 0 Å². The molecular weight excluding hydrogens is 260 g/mol. The number of nitrogens with zero attached hydrogens (tertiary/aromatic N) is 1. The summed E-state index contributed by atoms with van der Waals surface area (Å²) in [5.74, 6) is 0.699. The fraction of sp³-hybridized carbons (Fsp3) is 1.00. The molecule has 4 nitrogen and oxygen atoms in total. The normalized spacial score (nSPS) is 20.6. The van der Waals surface area contributed by atoms with E-state index in [1.165, 1.54) is 25.7 Å². The molecule has 1 aliphatic heterocycles. The quantitative estimate of drug-likeness (QED) is 0.725. The van der Waals surface area contributed by atoms with Gasteiger partial charge in [-0.3, -0.25) is 0 Å². The molecule has 1 fully saturated rings. The molecule has 1 N–H and O–H groups in total. The largest absolute Gasteiger partial charge is 0.312 e. The minimum absolute atomic E-state index is 0.222. The molecule has 0 saturated carbocycles. The molecule has 0 aromatic carbocycles. The van der Waals surface area contributed by atoms with Crippen molar-refractivity contribution >= 4 is 9.84 Å². The average molecular weight is 290 g/mol. The molecule has 0 aliphatic carbocycles. The van der Waals surface area contributed by atoms with E-state index in [4.69, 9.17) is 0 Å². The minimum Gasteiger partial charge on any atom is -0.312 e. The van der Waals surface area contributed by atoms with Crippen LogP contribution in [-0.2, 0) is 9.84 Å². The van der Waals surface area contributed by atoms with Crippen molar-refractivity contribution < 1.29 is 8.42 Å². The van der Waals surface area contributed by atoms with Crippen LogP contribution in [0.2, 0.25) is 0 Å². The number of hydrogen-bond donors (Lipinski definition) is 1. The first-order valence-electron chi connectivity index (χ1n) is 7.46. The van der Waals surface area contributed by atoms with Gasteiger partial charge in [0, 0.05) is 18.6 Å². The van der Waals surface area contributed by atoms with Crippen LogP contribution in [0.1, 0.15) is 46.5 Å². The molecule has 1 aliphatic rings. The van der Waals surface area contributed by atoms with Crippen LogP contribution in [0.3, 0.4) is 0 Å². The lowest BCUT2D eigenvalue weighted by atomic mass is 10.1. The van der Waals surface area contributed by atoms with E-state index < -0.39 is 9.84 Å². The molecule has 1 heterocycles. The summed E-state index contributed by atoms with van der Waals surface area (Å²) in [6, 6.07) is 0. The lowest BCUT2D eigenvalue weighted by Crippen LogP contribution is -2.40. The van der Waals surface area contributed by atoms with Gasteiger partial charge in [0.2, 0.25) is 0 Å². The monoisotopic (exact) mass is 290 g/mol. The Bertz CT molecular complexity index is 333. The molecule has 19 heavy (non-hydrogen) atoms. The van der Waals surface area contributed by atoms with Crippen LogP contribution in [-0.4, -0.2) is 56.5 Å². The molecule has 114 valence electrons. The van der Waals surface area contributed by atoms with Crippen molar-refractivity contribution in [2.75, 3.05) is 37.7 Å². The Hall–Kier alpha value is -0.130. The zero-order valence-corrected chi connectivity index (χ0v) is 13.6. The van der Waals surface area contributed by atoms with Crippen LogP contribution in [0, 0.1) is 0 Å². The van der Waals surface area contributed by atoms with Gasteiger partial charge >= 0.3 is 0 Å². The third kappa shape index (κ3) is 8.60. The van der Waals surface area contributed by atoms with Crippen molar-refractivity contribution in [3.63, 3.8) is 0 Å². The maximum atomic E-state index is 11.3. The highest BCUT2D eigenvalue weighted by molar-refractivity contribution is 7.91. The SMILES string of the molecule is CC(C)(C)NCCCCCCN1CCS(=O)(=O)CC1. The summed E-state index contributed by atoms with van der Waals surface area (Å²) >= 11 is 0. The first-order chi connectivity index (χ1) is 8.79. The lowest BCUT2D eigenvalue weighted by molar-refractivity contribution is 0.287. The zero-order chi connectivity index (χ0) is 14.4. The van der Waals surface area contributed by atoms with Gasteiger partial charge < -0.3 is 10.2 Å². The van der Waals surface area contributed by atoms with Crippen molar-refractivity contribution in [2.24, 2.45) is 0 Å². The standard InChI is InChI=1S/C14H30N2O2S/c1-14(2,3)15-8-6-4-5-7-9-16-10-12-19(17,18)13-11-16/h15H,4-13H2,1-3H3. The predicted octanol–water partition coefficient (Wildman–Crippen LogP) is 1.67. The summed E-state index contributed by atoms with van der Waals surface area (Å²) in [4.78, 5) is 2.29. The fourth-order valence-corrected chi connectivity index (χ4v) is 3.53. The van der Waals surface area contributed by atoms with Crippen molar-refractivity contribution in [1.82, 2.24) is 10.2 Å². The highest BCUT2D eigenvalue weighted by Gasteiger charge is 2.20. The van der Waals surface area contributed by atoms with Crippen molar-refractivity contribution in [3.05, 3.63) is 0 Å². The molecule has 0 unspecified atom stereocenters. The lowest BCUT2D eigenvalue weighted by Gasteiger charge is -2.26. The van der Waals surface area contributed by atoms with Crippen molar-refractivity contribution in [3.8, 4) is 0 Å². The highest BCUT2D eigenvalue weighted by Crippen LogP contribution is 2.07. The number of nitrogens with one attached hydrogen (secondary N) is 1. The van der Waals surface area contributed by atoms with Crippen LogP contribution < -0.4 is 5.32 Å². The number of hydrogen-bond acceptors (Lipinski definition) is 4. The van der Waals surface area contributed by atoms with Gasteiger partial charge in [0.25, 0.3) is 0 Å². The van der Waals surface area contributed by atoms with Crippen molar-refractivity contribution in [1.29, 1.82) is 0 Å². The fourth-order valence-electron chi connectivity index (χ4n) is 2.25. The van der Waals surface area contributed by atoms with E-state index in [-0.39, 0.29) is 5.54 Å². The predicted molar refractivity (Wildman–Crippen MR) is 81.3 cm³/mol. The van der Waals surface area contributed by atoms with Gasteiger partial charge in [0.1, 0.15) is 0 Å². The van der Waals surface area contributed by atoms with Crippen LogP contribution in [0.15, 0.2) is 0 Å². The Labute approximate surface area is 118 Å². The van der Waals surface area contributed by atoms with E-state index in [9.17, 15) is 8.42 Å². The van der Waals surface area contributed by atoms with Crippen LogP contribution >= 0.6 is 0 Å². The van der Waals surface area contributed by atoms with Gasteiger partial charge in [-0.1, -0.05) is 12.8 Å². The molecule has 5 heteroatoms. The van der Waals surface area contributed by atoms with E-state index in [1.54, 1.807) is 0 Å². The zero-order valence-electron chi connectivity index (χ0n) is 12.7. The number of sulfone groups is 1. The van der Waals surface area contributed by atoms with Crippen LogP contribution in [0.4, 0.5) is 0 Å². The minimum atomic E-state index is -2.72. The summed E-state index contributed by atoms with van der Waals surface area (Å²) in [5, 5.41) is 3.49. The smallest absolute Gasteiger partial charge is 0.152 e. The second-order valence-corrected chi connectivity index (χ2v) is 8.89. The molecule has 0 amide bonds. The number of unbranched alkanes of at least 4 members (excludes halogenated alkanes) is 3. The molecule has 0 radical (unpaired) electrons. The van der Waals surface area contributed by atoms with Gasteiger partial charge in [0.15, 0.2) is 9.84 Å². The van der Waals surface area contributed by atoms with Crippen LogP contribution in [0.25, 0.3) is 0 Å². The highest BCUT2D eigenvalue weighted by atomic mass is 32.2. The van der Waals surface area contributed by atoms with E-state index in [0.29, 0.717) is 11.5 Å². The molecular formula is C14H30N2O2S. The average Bonchev–Trinajstić information content (AvgIpc) is 2.28. The maximum absolute atomic E-state index is 11.3.